The molecule has 2 aromatic carbocycles. The number of nitrogen functional groups attached to an aromatic ring is 1. The number of hydrogen-bond donors (Lipinski definition) is 2. The lowest BCUT2D eigenvalue weighted by molar-refractivity contribution is 0.601. The quantitative estimate of drug-likeness (QED) is 0.685. The second-order valence-corrected chi connectivity index (χ2v) is 5.32. The molecule has 0 aliphatic heterocycles. The van der Waals surface area contributed by atoms with Crippen LogP contribution in [0, 0.1) is 0 Å². The molecule has 0 bridgehead atoms. The molecule has 0 spiro atoms. The number of hydrogen-bond acceptors (Lipinski definition) is 2. The van der Waals surface area contributed by atoms with Crippen molar-refractivity contribution in [2.24, 2.45) is 0 Å². The minimum absolute atomic E-state index is 0.174. The highest BCUT2D eigenvalue weighted by molar-refractivity contribution is 5.87. The van der Waals surface area contributed by atoms with E-state index in [2.05, 4.69) is 35.9 Å². The summed E-state index contributed by atoms with van der Waals surface area (Å²) in [6.07, 6.45) is 0. The average Bonchev–Trinajstić information content (AvgIpc) is 2.86. The van der Waals surface area contributed by atoms with E-state index in [1.54, 1.807) is 0 Å². The van der Waals surface area contributed by atoms with Gasteiger partial charge in [0.25, 0.3) is 0 Å². The van der Waals surface area contributed by atoms with Crippen molar-refractivity contribution in [1.82, 2.24) is 9.97 Å². The van der Waals surface area contributed by atoms with Crippen molar-refractivity contribution in [3.63, 3.8) is 0 Å². The maximum absolute atomic E-state index is 5.97. The third kappa shape index (κ3) is 1.87. The molecule has 0 saturated carbocycles. The fourth-order valence-corrected chi connectivity index (χ4v) is 2.34. The van der Waals surface area contributed by atoms with E-state index >= 15 is 0 Å². The number of rotatable bonds is 2. The van der Waals surface area contributed by atoms with Crippen molar-refractivity contribution in [2.75, 3.05) is 5.73 Å². The monoisotopic (exact) mass is 251 g/mol. The van der Waals surface area contributed by atoms with E-state index in [1.807, 2.05) is 36.4 Å². The van der Waals surface area contributed by atoms with Gasteiger partial charge in [-0.25, -0.2) is 4.98 Å². The molecule has 3 heteroatoms. The molecular weight excluding hydrogens is 234 g/mol. The van der Waals surface area contributed by atoms with E-state index in [0.717, 1.165) is 16.9 Å². The van der Waals surface area contributed by atoms with Crippen LogP contribution in [0.3, 0.4) is 0 Å². The zero-order chi connectivity index (χ0) is 13.5. The number of fused-ring (bicyclic) bond motifs is 1. The van der Waals surface area contributed by atoms with Crippen LogP contribution in [0.25, 0.3) is 11.0 Å². The van der Waals surface area contributed by atoms with Gasteiger partial charge in [0.2, 0.25) is 0 Å². The Labute approximate surface area is 112 Å². The van der Waals surface area contributed by atoms with Crippen LogP contribution in [0.15, 0.2) is 48.5 Å². The van der Waals surface area contributed by atoms with Crippen LogP contribution in [-0.2, 0) is 5.41 Å². The summed E-state index contributed by atoms with van der Waals surface area (Å²) in [4.78, 5) is 8.06. The Morgan fingerprint density at radius 3 is 2.42 bits per heavy atom. The van der Waals surface area contributed by atoms with Crippen molar-refractivity contribution in [3.05, 3.63) is 59.9 Å². The number of nitrogens with two attached hydrogens (primary N) is 1. The zero-order valence-electron chi connectivity index (χ0n) is 11.1. The van der Waals surface area contributed by atoms with Gasteiger partial charge in [-0.3, -0.25) is 0 Å². The van der Waals surface area contributed by atoms with Gasteiger partial charge in [-0.2, -0.15) is 0 Å². The number of aromatic amines is 1. The third-order valence-electron chi connectivity index (χ3n) is 3.63. The number of para-hydroxylation sites is 1. The van der Waals surface area contributed by atoms with Crippen molar-refractivity contribution in [2.45, 2.75) is 19.3 Å². The fraction of sp³-hybridized carbons (Fsp3) is 0.188. The van der Waals surface area contributed by atoms with Gasteiger partial charge in [0.1, 0.15) is 11.3 Å². The lowest BCUT2D eigenvalue weighted by Gasteiger charge is -2.22. The summed E-state index contributed by atoms with van der Waals surface area (Å²) in [7, 11) is 0. The molecule has 0 aliphatic rings. The van der Waals surface area contributed by atoms with Gasteiger partial charge in [0, 0.05) is 5.41 Å². The molecule has 0 saturated heterocycles. The van der Waals surface area contributed by atoms with Crippen molar-refractivity contribution < 1.29 is 0 Å². The number of H-pyrrole nitrogens is 1. The molecule has 0 atom stereocenters. The number of aromatic nitrogens is 2. The molecular formula is C16H17N3. The zero-order valence-corrected chi connectivity index (χ0v) is 11.1. The molecule has 3 aromatic rings. The van der Waals surface area contributed by atoms with Gasteiger partial charge in [0.05, 0.1) is 11.2 Å². The Morgan fingerprint density at radius 1 is 1.00 bits per heavy atom. The van der Waals surface area contributed by atoms with Gasteiger partial charge in [-0.15, -0.1) is 0 Å². The summed E-state index contributed by atoms with van der Waals surface area (Å²) in [5, 5.41) is 0. The van der Waals surface area contributed by atoms with Crippen LogP contribution in [0.2, 0.25) is 0 Å². The molecule has 0 radical (unpaired) electrons. The number of nitrogens with one attached hydrogen (secondary N) is 1. The van der Waals surface area contributed by atoms with Crippen LogP contribution < -0.4 is 5.73 Å². The first-order valence-corrected chi connectivity index (χ1v) is 6.39. The van der Waals surface area contributed by atoms with Crippen LogP contribution in [0.5, 0.6) is 0 Å². The summed E-state index contributed by atoms with van der Waals surface area (Å²) in [6.45, 7) is 4.33. The minimum Gasteiger partial charge on any atom is -0.397 e. The molecule has 19 heavy (non-hydrogen) atoms. The first-order chi connectivity index (χ1) is 9.09. The van der Waals surface area contributed by atoms with Gasteiger partial charge in [-0.1, -0.05) is 36.4 Å². The second kappa shape index (κ2) is 4.12. The summed E-state index contributed by atoms with van der Waals surface area (Å²) in [5.41, 5.74) is 9.57. The molecule has 3 rings (SSSR count). The lowest BCUT2D eigenvalue weighted by atomic mass is 9.84. The highest BCUT2D eigenvalue weighted by atomic mass is 14.9. The maximum Gasteiger partial charge on any atom is 0.117 e. The molecule has 96 valence electrons. The number of nitrogens with zero attached hydrogens (tertiary/aromatic N) is 1. The molecule has 0 fully saturated rings. The Bertz CT molecular complexity index is 711. The maximum atomic E-state index is 5.97. The normalized spacial score (nSPS) is 11.9. The highest BCUT2D eigenvalue weighted by Crippen LogP contribution is 2.31. The molecule has 0 amide bonds. The van der Waals surface area contributed by atoms with Crippen LogP contribution in [-0.4, -0.2) is 9.97 Å². The predicted octanol–water partition coefficient (Wildman–Crippen LogP) is 3.47. The Morgan fingerprint density at radius 2 is 1.74 bits per heavy atom. The lowest BCUT2D eigenvalue weighted by Crippen LogP contribution is -2.20. The first kappa shape index (κ1) is 11.8. The topological polar surface area (TPSA) is 54.7 Å². The molecule has 3 N–H and O–H groups in total. The number of anilines is 1. The highest BCUT2D eigenvalue weighted by Gasteiger charge is 2.26. The summed E-state index contributed by atoms with van der Waals surface area (Å²) >= 11 is 0. The molecule has 3 nitrogen and oxygen atoms in total. The smallest absolute Gasteiger partial charge is 0.117 e. The minimum atomic E-state index is -0.174. The standard InChI is InChI=1S/C16H17N3/c1-16(2,11-7-4-3-5-8-11)15-18-13-10-6-9-12(17)14(13)19-15/h3-10H,17H2,1-2H3,(H,18,19). The first-order valence-electron chi connectivity index (χ1n) is 6.39. The summed E-state index contributed by atoms with van der Waals surface area (Å²) in [6, 6.07) is 16.2. The van der Waals surface area contributed by atoms with E-state index in [-0.39, 0.29) is 5.41 Å². The number of imidazole rings is 1. The van der Waals surface area contributed by atoms with Gasteiger partial charge >= 0.3 is 0 Å². The van der Waals surface area contributed by atoms with Crippen molar-refractivity contribution >= 4 is 16.7 Å². The van der Waals surface area contributed by atoms with Crippen LogP contribution in [0.4, 0.5) is 5.69 Å². The van der Waals surface area contributed by atoms with E-state index in [1.165, 1.54) is 5.56 Å². The third-order valence-corrected chi connectivity index (χ3v) is 3.63. The van der Waals surface area contributed by atoms with Crippen LogP contribution in [0.1, 0.15) is 25.2 Å². The Kier molecular flexibility index (Phi) is 2.56. The average molecular weight is 251 g/mol. The Hall–Kier alpha value is -2.29. The number of benzene rings is 2. The molecule has 0 aliphatic carbocycles. The molecule has 1 aromatic heterocycles. The van der Waals surface area contributed by atoms with E-state index < -0.39 is 0 Å². The van der Waals surface area contributed by atoms with Crippen molar-refractivity contribution in [1.29, 1.82) is 0 Å². The molecule has 1 heterocycles. The second-order valence-electron chi connectivity index (χ2n) is 5.32. The summed E-state index contributed by atoms with van der Waals surface area (Å²) in [5.74, 6) is 0.937. The van der Waals surface area contributed by atoms with Gasteiger partial charge in [-0.05, 0) is 31.5 Å². The Balaban J connectivity index is 2.16. The van der Waals surface area contributed by atoms with Crippen molar-refractivity contribution in [3.8, 4) is 0 Å². The van der Waals surface area contributed by atoms with Gasteiger partial charge < -0.3 is 10.7 Å². The summed E-state index contributed by atoms with van der Waals surface area (Å²) < 4.78 is 0. The fourth-order valence-electron chi connectivity index (χ4n) is 2.34. The van der Waals surface area contributed by atoms with E-state index in [0.29, 0.717) is 5.69 Å². The van der Waals surface area contributed by atoms with Crippen LogP contribution >= 0.6 is 0 Å². The largest absolute Gasteiger partial charge is 0.397 e. The predicted molar refractivity (Wildman–Crippen MR) is 79.1 cm³/mol. The SMILES string of the molecule is CC(C)(c1ccccc1)c1nc2c(N)cccc2[nH]1. The van der Waals surface area contributed by atoms with Gasteiger partial charge in [0.15, 0.2) is 0 Å². The van der Waals surface area contributed by atoms with E-state index in [9.17, 15) is 0 Å². The van der Waals surface area contributed by atoms with E-state index in [4.69, 9.17) is 5.73 Å². The molecule has 0 unspecified atom stereocenters.